The molecule has 1 aliphatic carbocycles. The minimum absolute atomic E-state index is 0.0167. The van der Waals surface area contributed by atoms with Crippen molar-refractivity contribution in [2.45, 2.75) is 57.2 Å². The molecule has 2 aromatic heterocycles. The number of carbonyl (C=O) groups is 1. The van der Waals surface area contributed by atoms with Crippen molar-refractivity contribution >= 4 is 28.9 Å². The van der Waals surface area contributed by atoms with E-state index < -0.39 is 0 Å². The van der Waals surface area contributed by atoms with E-state index in [9.17, 15) is 4.79 Å². The molecule has 1 aliphatic heterocycles. The molecule has 7 heteroatoms. The highest BCUT2D eigenvalue weighted by molar-refractivity contribution is 7.80. The van der Waals surface area contributed by atoms with E-state index in [1.165, 1.54) is 31.2 Å². The van der Waals surface area contributed by atoms with Crippen molar-refractivity contribution in [2.24, 2.45) is 0 Å². The molecule has 176 valence electrons. The summed E-state index contributed by atoms with van der Waals surface area (Å²) in [7, 11) is 0. The fourth-order valence-corrected chi connectivity index (χ4v) is 5.54. The van der Waals surface area contributed by atoms with E-state index in [1.54, 1.807) is 0 Å². The van der Waals surface area contributed by atoms with Crippen LogP contribution in [0.3, 0.4) is 0 Å². The topological polar surface area (TPSA) is 62.2 Å². The maximum Gasteiger partial charge on any atom is 0.226 e. The number of rotatable bonds is 7. The molecule has 0 unspecified atom stereocenters. The summed E-state index contributed by atoms with van der Waals surface area (Å²) < 4.78 is 2.36. The van der Waals surface area contributed by atoms with Crippen LogP contribution in [0.5, 0.6) is 0 Å². The third-order valence-corrected chi connectivity index (χ3v) is 7.26. The zero-order chi connectivity index (χ0) is 23.5. The van der Waals surface area contributed by atoms with Crippen LogP contribution in [0, 0.1) is 6.92 Å². The van der Waals surface area contributed by atoms with Crippen molar-refractivity contribution in [2.75, 3.05) is 11.9 Å². The second kappa shape index (κ2) is 9.97. The van der Waals surface area contributed by atoms with Crippen LogP contribution in [0.15, 0.2) is 67.1 Å². The first kappa shape index (κ1) is 22.6. The number of nitrogens with one attached hydrogen (secondary N) is 2. The van der Waals surface area contributed by atoms with Gasteiger partial charge in [0, 0.05) is 43.3 Å². The van der Waals surface area contributed by atoms with Crippen LogP contribution in [0.1, 0.15) is 67.1 Å². The summed E-state index contributed by atoms with van der Waals surface area (Å²) in [6.45, 7) is 2.55. The molecule has 6 nitrogen and oxygen atoms in total. The number of thiocarbonyl (C=S) groups is 1. The summed E-state index contributed by atoms with van der Waals surface area (Å²) in [5, 5.41) is 7.16. The lowest BCUT2D eigenvalue weighted by Crippen LogP contribution is -2.32. The molecule has 1 saturated carbocycles. The van der Waals surface area contributed by atoms with Crippen LogP contribution in [0.25, 0.3) is 0 Å². The smallest absolute Gasteiger partial charge is 0.226 e. The van der Waals surface area contributed by atoms with Crippen molar-refractivity contribution in [1.29, 1.82) is 0 Å². The molecule has 2 fully saturated rings. The summed E-state index contributed by atoms with van der Waals surface area (Å²) >= 11 is 5.76. The van der Waals surface area contributed by atoms with Crippen LogP contribution < -0.4 is 10.6 Å². The van der Waals surface area contributed by atoms with Gasteiger partial charge in [-0.25, -0.2) is 0 Å². The monoisotopic (exact) mass is 473 g/mol. The number of hydrogen-bond donors (Lipinski definition) is 2. The molecule has 5 rings (SSSR count). The lowest BCUT2D eigenvalue weighted by atomic mass is 9.99. The highest BCUT2D eigenvalue weighted by Crippen LogP contribution is 2.40. The van der Waals surface area contributed by atoms with E-state index >= 15 is 0 Å². The van der Waals surface area contributed by atoms with Crippen LogP contribution in [-0.2, 0) is 4.79 Å². The van der Waals surface area contributed by atoms with Gasteiger partial charge >= 0.3 is 0 Å². The first-order valence-electron chi connectivity index (χ1n) is 12.1. The molecule has 3 heterocycles. The van der Waals surface area contributed by atoms with E-state index in [-0.39, 0.29) is 18.0 Å². The fraction of sp³-hybridized carbons (Fsp3) is 0.370. The molecule has 2 atom stereocenters. The average Bonchev–Trinajstić information content (AvgIpc) is 3.58. The van der Waals surface area contributed by atoms with Crippen LogP contribution in [-0.4, -0.2) is 32.0 Å². The van der Waals surface area contributed by atoms with Crippen molar-refractivity contribution < 1.29 is 4.79 Å². The van der Waals surface area contributed by atoms with Crippen molar-refractivity contribution in [3.8, 4) is 0 Å². The first-order chi connectivity index (χ1) is 16.6. The summed E-state index contributed by atoms with van der Waals surface area (Å²) in [4.78, 5) is 19.5. The molecule has 1 amide bonds. The van der Waals surface area contributed by atoms with Crippen molar-refractivity contribution in [3.63, 3.8) is 0 Å². The van der Waals surface area contributed by atoms with Gasteiger partial charge in [0.25, 0.3) is 0 Å². The number of carbonyl (C=O) groups excluding carboxylic acids is 1. The Morgan fingerprint density at radius 2 is 2.03 bits per heavy atom. The molecule has 0 spiro atoms. The number of aryl methyl sites for hydroxylation is 1. The molecule has 3 aromatic rings. The maximum atomic E-state index is 12.7. The maximum absolute atomic E-state index is 12.7. The minimum atomic E-state index is -0.0621. The van der Waals surface area contributed by atoms with E-state index in [1.807, 2.05) is 55.6 Å². The second-order valence-corrected chi connectivity index (χ2v) is 9.70. The zero-order valence-corrected chi connectivity index (χ0v) is 20.3. The SMILES string of the molecule is Cc1cccc(NC(=O)CCN2C(=S)N[C@H](c3ccccn3)[C@H]2c2ccn(C3CCCC3)c2)c1. The van der Waals surface area contributed by atoms with Crippen LogP contribution in [0.2, 0.25) is 0 Å². The molecular formula is C27H31N5OS. The first-order valence-corrected chi connectivity index (χ1v) is 12.5. The molecule has 0 bridgehead atoms. The van der Waals surface area contributed by atoms with Gasteiger partial charge in [0.05, 0.1) is 17.8 Å². The summed E-state index contributed by atoms with van der Waals surface area (Å²) in [6.07, 6.45) is 11.7. The highest BCUT2D eigenvalue weighted by atomic mass is 32.1. The predicted molar refractivity (Wildman–Crippen MR) is 139 cm³/mol. The van der Waals surface area contributed by atoms with E-state index in [0.717, 1.165) is 16.9 Å². The van der Waals surface area contributed by atoms with Crippen molar-refractivity contribution in [3.05, 3.63) is 83.9 Å². The molecule has 1 saturated heterocycles. The Balaban J connectivity index is 1.36. The Kier molecular flexibility index (Phi) is 6.63. The lowest BCUT2D eigenvalue weighted by Gasteiger charge is -2.27. The average molecular weight is 474 g/mol. The number of aromatic nitrogens is 2. The Morgan fingerprint density at radius 3 is 2.79 bits per heavy atom. The van der Waals surface area contributed by atoms with Gasteiger partial charge in [-0.15, -0.1) is 0 Å². The lowest BCUT2D eigenvalue weighted by molar-refractivity contribution is -0.116. The van der Waals surface area contributed by atoms with E-state index in [2.05, 4.69) is 43.5 Å². The second-order valence-electron chi connectivity index (χ2n) is 9.32. The zero-order valence-electron chi connectivity index (χ0n) is 19.5. The Hall–Kier alpha value is -3.19. The van der Waals surface area contributed by atoms with Crippen molar-refractivity contribution in [1.82, 2.24) is 19.8 Å². The van der Waals surface area contributed by atoms with Crippen LogP contribution >= 0.6 is 12.2 Å². The predicted octanol–water partition coefficient (Wildman–Crippen LogP) is 5.31. The summed E-state index contributed by atoms with van der Waals surface area (Å²) in [6, 6.07) is 16.5. The van der Waals surface area contributed by atoms with Gasteiger partial charge in [-0.3, -0.25) is 9.78 Å². The molecule has 34 heavy (non-hydrogen) atoms. The standard InChI is InChI=1S/C27H31N5OS/c1-19-7-6-8-21(17-19)29-24(33)13-16-32-26(20-12-15-31(18-20)22-9-2-3-10-22)25(30-27(32)34)23-11-4-5-14-28-23/h4-8,11-12,14-15,17-18,22,25-26H,2-3,9-10,13,16H2,1H3,(H,29,33)(H,30,34)/t25-,26-/m1/s1. The van der Waals surface area contributed by atoms with Crippen LogP contribution in [0.4, 0.5) is 5.69 Å². The van der Waals surface area contributed by atoms with Gasteiger partial charge in [-0.05, 0) is 73.4 Å². The molecule has 1 aromatic carbocycles. The molecule has 2 N–H and O–H groups in total. The quantitative estimate of drug-likeness (QED) is 0.456. The summed E-state index contributed by atoms with van der Waals surface area (Å²) in [5.41, 5.74) is 4.10. The Morgan fingerprint density at radius 1 is 1.18 bits per heavy atom. The number of nitrogens with zero attached hydrogens (tertiary/aromatic N) is 3. The largest absolute Gasteiger partial charge is 0.352 e. The summed E-state index contributed by atoms with van der Waals surface area (Å²) in [5.74, 6) is -0.0167. The van der Waals surface area contributed by atoms with E-state index in [4.69, 9.17) is 12.2 Å². The van der Waals surface area contributed by atoms with Gasteiger partial charge in [0.2, 0.25) is 5.91 Å². The number of pyridine rings is 1. The number of anilines is 1. The highest BCUT2D eigenvalue weighted by Gasteiger charge is 2.40. The van der Waals surface area contributed by atoms with Gasteiger partial charge in [-0.1, -0.05) is 31.0 Å². The minimum Gasteiger partial charge on any atom is -0.352 e. The fourth-order valence-electron chi connectivity index (χ4n) is 5.21. The Bertz CT molecular complexity index is 1150. The van der Waals surface area contributed by atoms with E-state index in [0.29, 0.717) is 24.1 Å². The number of benzene rings is 1. The molecule has 0 radical (unpaired) electrons. The van der Waals surface area contributed by atoms with Gasteiger partial charge in [0.1, 0.15) is 0 Å². The molecule has 2 aliphatic rings. The van der Waals surface area contributed by atoms with Gasteiger partial charge in [0.15, 0.2) is 5.11 Å². The van der Waals surface area contributed by atoms with Gasteiger partial charge in [-0.2, -0.15) is 0 Å². The Labute approximate surface area is 206 Å². The third-order valence-electron chi connectivity index (χ3n) is 6.90. The van der Waals surface area contributed by atoms with Gasteiger partial charge < -0.3 is 20.1 Å². The normalized spacial score (nSPS) is 20.5. The number of hydrogen-bond acceptors (Lipinski definition) is 3. The third kappa shape index (κ3) is 4.85. The number of amides is 1. The molecular weight excluding hydrogens is 442 g/mol.